The SMILES string of the molecule is O=C[B]CC1CCC(Oc2cc(Cl)c3cncc(-c4cc5ccccc5o4)c3c2)CC1. The molecule has 5 rings (SSSR count). The van der Waals surface area contributed by atoms with Gasteiger partial charge in [-0.1, -0.05) is 36.1 Å². The number of nitrogens with zero attached hydrogens (tertiary/aromatic N) is 1. The number of carbonyl (C=O) groups excluding carboxylic acids is 1. The third-order valence-electron chi connectivity index (χ3n) is 6.15. The molecule has 0 amide bonds. The molecule has 4 aromatic rings. The van der Waals surface area contributed by atoms with Crippen LogP contribution in [-0.4, -0.2) is 24.6 Å². The predicted octanol–water partition coefficient (Wildman–Crippen LogP) is 6.55. The number of aromatic nitrogens is 1. The number of halogens is 1. The third kappa shape index (κ3) is 4.20. The predicted molar refractivity (Wildman–Crippen MR) is 126 cm³/mol. The van der Waals surface area contributed by atoms with Crippen LogP contribution in [-0.2, 0) is 4.79 Å². The van der Waals surface area contributed by atoms with Gasteiger partial charge in [-0.2, -0.15) is 0 Å². The Morgan fingerprint density at radius 3 is 2.74 bits per heavy atom. The summed E-state index contributed by atoms with van der Waals surface area (Å²) in [6.07, 6.45) is 9.64. The number of para-hydroxylation sites is 1. The molecule has 2 aromatic heterocycles. The highest BCUT2D eigenvalue weighted by Crippen LogP contribution is 2.38. The quantitative estimate of drug-likeness (QED) is 0.257. The molecule has 0 spiro atoms. The lowest BCUT2D eigenvalue weighted by Gasteiger charge is -2.29. The summed E-state index contributed by atoms with van der Waals surface area (Å²) in [5, 5.41) is 3.51. The Kier molecular flexibility index (Phi) is 5.69. The Hall–Kier alpha value is -2.79. The molecular weight excluding hydrogens is 409 g/mol. The highest BCUT2D eigenvalue weighted by atomic mass is 35.5. The van der Waals surface area contributed by atoms with Crippen LogP contribution in [0.4, 0.5) is 0 Å². The normalized spacial score (nSPS) is 18.9. The lowest BCUT2D eigenvalue weighted by Crippen LogP contribution is -2.24. The molecule has 0 unspecified atom stereocenters. The van der Waals surface area contributed by atoms with Gasteiger partial charge in [0.1, 0.15) is 17.1 Å². The average Bonchev–Trinajstić information content (AvgIpc) is 3.22. The first-order chi connectivity index (χ1) is 15.2. The van der Waals surface area contributed by atoms with Crippen LogP contribution in [0.3, 0.4) is 0 Å². The van der Waals surface area contributed by atoms with Gasteiger partial charge in [0, 0.05) is 34.1 Å². The van der Waals surface area contributed by atoms with Crippen molar-refractivity contribution in [3.63, 3.8) is 0 Å². The molecule has 1 aliphatic carbocycles. The minimum atomic E-state index is 0.164. The number of carbonyl (C=O) groups is 1. The van der Waals surface area contributed by atoms with E-state index in [-0.39, 0.29) is 6.10 Å². The Morgan fingerprint density at radius 1 is 1.10 bits per heavy atom. The number of rotatable bonds is 6. The molecule has 1 aliphatic rings. The number of fused-ring (bicyclic) bond motifs is 2. The summed E-state index contributed by atoms with van der Waals surface area (Å²) in [4.78, 5) is 15.0. The number of hydrogen-bond acceptors (Lipinski definition) is 4. The molecule has 31 heavy (non-hydrogen) atoms. The maximum Gasteiger partial charge on any atom is 0.197 e. The van der Waals surface area contributed by atoms with E-state index in [1.165, 1.54) is 0 Å². The Bertz CT molecular complexity index is 1200. The van der Waals surface area contributed by atoms with Crippen molar-refractivity contribution in [1.82, 2.24) is 4.98 Å². The van der Waals surface area contributed by atoms with Gasteiger partial charge in [-0.3, -0.25) is 4.98 Å². The first kappa shape index (κ1) is 20.1. The van der Waals surface area contributed by atoms with Crippen LogP contribution in [0, 0.1) is 5.92 Å². The van der Waals surface area contributed by atoms with Gasteiger partial charge in [0.25, 0.3) is 0 Å². The molecule has 0 atom stereocenters. The molecule has 155 valence electrons. The zero-order chi connectivity index (χ0) is 21.2. The third-order valence-corrected chi connectivity index (χ3v) is 6.47. The number of benzene rings is 2. The van der Waals surface area contributed by atoms with Crippen LogP contribution < -0.4 is 4.74 Å². The second-order valence-electron chi connectivity index (χ2n) is 8.20. The fourth-order valence-electron chi connectivity index (χ4n) is 4.51. The van der Waals surface area contributed by atoms with Gasteiger partial charge in [-0.25, -0.2) is 0 Å². The fourth-order valence-corrected chi connectivity index (χ4v) is 4.77. The summed E-state index contributed by atoms with van der Waals surface area (Å²) < 4.78 is 12.4. The van der Waals surface area contributed by atoms with Crippen LogP contribution in [0.1, 0.15) is 25.7 Å². The molecule has 0 bridgehead atoms. The van der Waals surface area contributed by atoms with Crippen molar-refractivity contribution in [2.24, 2.45) is 5.92 Å². The molecule has 1 saturated carbocycles. The van der Waals surface area contributed by atoms with Gasteiger partial charge in [0.2, 0.25) is 0 Å². The summed E-state index contributed by atoms with van der Waals surface area (Å²) >= 11 is 6.61. The zero-order valence-electron chi connectivity index (χ0n) is 17.1. The van der Waals surface area contributed by atoms with E-state index < -0.39 is 0 Å². The second kappa shape index (κ2) is 8.76. The first-order valence-corrected chi connectivity index (χ1v) is 11.1. The van der Waals surface area contributed by atoms with E-state index in [2.05, 4.69) is 4.98 Å². The zero-order valence-corrected chi connectivity index (χ0v) is 17.8. The maximum atomic E-state index is 10.6. The minimum Gasteiger partial charge on any atom is -0.490 e. The summed E-state index contributed by atoms with van der Waals surface area (Å²) in [5.74, 6) is 2.11. The smallest absolute Gasteiger partial charge is 0.197 e. The lowest BCUT2D eigenvalue weighted by molar-refractivity contribution is 0.136. The molecule has 2 aromatic carbocycles. The lowest BCUT2D eigenvalue weighted by atomic mass is 9.67. The number of ether oxygens (including phenoxy) is 1. The Morgan fingerprint density at radius 2 is 1.94 bits per heavy atom. The van der Waals surface area contributed by atoms with Crippen molar-refractivity contribution in [3.05, 3.63) is 59.9 Å². The van der Waals surface area contributed by atoms with Gasteiger partial charge in [0.05, 0.1) is 17.3 Å². The van der Waals surface area contributed by atoms with E-state index >= 15 is 0 Å². The first-order valence-electron chi connectivity index (χ1n) is 10.7. The van der Waals surface area contributed by atoms with Crippen LogP contribution >= 0.6 is 11.6 Å². The van der Waals surface area contributed by atoms with Crippen molar-refractivity contribution >= 4 is 46.8 Å². The summed E-state index contributed by atoms with van der Waals surface area (Å²) in [6.45, 7) is 0. The van der Waals surface area contributed by atoms with Gasteiger partial charge >= 0.3 is 0 Å². The number of hydrogen-bond donors (Lipinski definition) is 0. The van der Waals surface area contributed by atoms with Crippen LogP contribution in [0.2, 0.25) is 11.3 Å². The standard InChI is InChI=1S/C25H22BClNO3/c27-23-11-19(30-18-7-5-16(6-8-18)12-26-15-29)10-20-21(23)13-28-14-22(20)25-9-17-3-1-2-4-24(17)31-25/h1-4,9-11,13-16,18H,5-8,12H2. The molecule has 0 N–H and O–H groups in total. The van der Waals surface area contributed by atoms with Crippen molar-refractivity contribution < 1.29 is 13.9 Å². The molecule has 6 heteroatoms. The van der Waals surface area contributed by atoms with E-state index in [1.807, 2.05) is 48.7 Å². The maximum absolute atomic E-state index is 10.6. The summed E-state index contributed by atoms with van der Waals surface area (Å²) in [5.41, 5.74) is 1.74. The van der Waals surface area contributed by atoms with E-state index in [4.69, 9.17) is 20.8 Å². The molecule has 1 fully saturated rings. The van der Waals surface area contributed by atoms with Crippen molar-refractivity contribution in [2.75, 3.05) is 0 Å². The Balaban J connectivity index is 1.43. The molecule has 2 heterocycles. The minimum absolute atomic E-state index is 0.164. The fraction of sp³-hybridized carbons (Fsp3) is 0.280. The average molecular weight is 431 g/mol. The molecular formula is C25H22BClNO3. The number of furan rings is 1. The van der Waals surface area contributed by atoms with Crippen LogP contribution in [0.25, 0.3) is 33.1 Å². The molecule has 0 saturated heterocycles. The van der Waals surface area contributed by atoms with E-state index in [0.29, 0.717) is 10.9 Å². The van der Waals surface area contributed by atoms with E-state index in [1.54, 1.807) is 13.5 Å². The van der Waals surface area contributed by atoms with Gasteiger partial charge in [-0.05, 0) is 55.9 Å². The molecule has 4 nitrogen and oxygen atoms in total. The highest BCUT2D eigenvalue weighted by Gasteiger charge is 2.23. The van der Waals surface area contributed by atoms with E-state index in [0.717, 1.165) is 77.0 Å². The highest BCUT2D eigenvalue weighted by molar-refractivity contribution is 6.66. The molecule has 1 radical (unpaired) electrons. The van der Waals surface area contributed by atoms with Gasteiger partial charge in [-0.15, -0.1) is 0 Å². The van der Waals surface area contributed by atoms with Crippen molar-refractivity contribution in [1.29, 1.82) is 0 Å². The largest absolute Gasteiger partial charge is 0.490 e. The topological polar surface area (TPSA) is 52.3 Å². The van der Waals surface area contributed by atoms with Crippen molar-refractivity contribution in [2.45, 2.75) is 38.1 Å². The van der Waals surface area contributed by atoms with Crippen molar-refractivity contribution in [3.8, 4) is 17.1 Å². The number of pyridine rings is 1. The van der Waals surface area contributed by atoms with Crippen LogP contribution in [0.15, 0.2) is 59.3 Å². The summed E-state index contributed by atoms with van der Waals surface area (Å²) in [7, 11) is 1.72. The monoisotopic (exact) mass is 430 g/mol. The van der Waals surface area contributed by atoms with Gasteiger partial charge < -0.3 is 13.9 Å². The summed E-state index contributed by atoms with van der Waals surface area (Å²) in [6, 6.07) is 13.9. The van der Waals surface area contributed by atoms with Crippen LogP contribution in [0.5, 0.6) is 5.75 Å². The molecule has 0 aliphatic heterocycles. The van der Waals surface area contributed by atoms with E-state index in [9.17, 15) is 4.79 Å². The van der Waals surface area contributed by atoms with Gasteiger partial charge in [0.15, 0.2) is 7.28 Å². The second-order valence-corrected chi connectivity index (χ2v) is 8.61. The Labute approximate surface area is 186 Å².